The Morgan fingerprint density at radius 1 is 1.32 bits per heavy atom. The molecule has 0 amide bonds. The Morgan fingerprint density at radius 2 is 2.05 bits per heavy atom. The van der Waals surface area contributed by atoms with Gasteiger partial charge in [-0.3, -0.25) is 0 Å². The molecule has 1 heterocycles. The fourth-order valence-electron chi connectivity index (χ4n) is 1.97. The van der Waals surface area contributed by atoms with Crippen molar-refractivity contribution >= 4 is 5.88 Å². The molecule has 22 heavy (non-hydrogen) atoms. The molecule has 2 aromatic rings. The van der Waals surface area contributed by atoms with Crippen molar-refractivity contribution in [3.8, 4) is 23.3 Å². The van der Waals surface area contributed by atoms with E-state index < -0.39 is 0 Å². The fourth-order valence-corrected chi connectivity index (χ4v) is 1.97. The van der Waals surface area contributed by atoms with Crippen molar-refractivity contribution in [2.24, 2.45) is 0 Å². The van der Waals surface area contributed by atoms with Crippen molar-refractivity contribution in [3.05, 3.63) is 30.0 Å². The van der Waals surface area contributed by atoms with Gasteiger partial charge in [-0.1, -0.05) is 0 Å². The van der Waals surface area contributed by atoms with E-state index >= 15 is 0 Å². The minimum Gasteiger partial charge on any atom is -0.497 e. The van der Waals surface area contributed by atoms with Crippen LogP contribution in [0.4, 0.5) is 5.88 Å². The summed E-state index contributed by atoms with van der Waals surface area (Å²) in [5, 5.41) is 12.3. The molecule has 0 saturated carbocycles. The summed E-state index contributed by atoms with van der Waals surface area (Å²) in [6.07, 6.45) is 0.955. The highest BCUT2D eigenvalue weighted by Crippen LogP contribution is 2.26. The largest absolute Gasteiger partial charge is 0.497 e. The van der Waals surface area contributed by atoms with Gasteiger partial charge in [-0.2, -0.15) is 10.2 Å². The van der Waals surface area contributed by atoms with E-state index in [0.717, 1.165) is 30.8 Å². The zero-order valence-corrected chi connectivity index (χ0v) is 13.1. The Balaban J connectivity index is 2.09. The molecule has 0 atom stereocenters. The van der Waals surface area contributed by atoms with Crippen molar-refractivity contribution in [1.29, 1.82) is 5.26 Å². The molecule has 1 N–H and O–H groups in total. The maximum absolute atomic E-state index is 9.16. The fraction of sp³-hybridized carbons (Fsp3) is 0.375. The van der Waals surface area contributed by atoms with Gasteiger partial charge in [-0.15, -0.1) is 0 Å². The Morgan fingerprint density at radius 3 is 2.64 bits per heavy atom. The van der Waals surface area contributed by atoms with Crippen molar-refractivity contribution in [2.45, 2.75) is 6.42 Å². The molecule has 1 aromatic heterocycles. The molecule has 0 spiro atoms. The minimum atomic E-state index is 0.274. The van der Waals surface area contributed by atoms with Crippen LogP contribution in [0, 0.1) is 11.3 Å². The monoisotopic (exact) mass is 300 g/mol. The molecule has 0 fully saturated rings. The number of nitriles is 1. The predicted octanol–water partition coefficient (Wildman–Crippen LogP) is 2.59. The van der Waals surface area contributed by atoms with Crippen molar-refractivity contribution in [1.82, 2.24) is 9.88 Å². The number of hydrogen-bond donors (Lipinski definition) is 1. The molecule has 6 nitrogen and oxygen atoms in total. The number of nitrogens with one attached hydrogen (secondary N) is 1. The summed E-state index contributed by atoms with van der Waals surface area (Å²) in [5.41, 5.74) is 1.08. The molecule has 1 aromatic carbocycles. The Bertz CT molecular complexity index is 641. The van der Waals surface area contributed by atoms with Crippen molar-refractivity contribution < 1.29 is 9.15 Å². The average Bonchev–Trinajstić information content (AvgIpc) is 2.94. The van der Waals surface area contributed by atoms with Crippen LogP contribution in [-0.2, 0) is 0 Å². The summed E-state index contributed by atoms with van der Waals surface area (Å²) >= 11 is 0. The number of aromatic nitrogens is 1. The van der Waals surface area contributed by atoms with Crippen LogP contribution in [0.25, 0.3) is 11.5 Å². The van der Waals surface area contributed by atoms with Gasteiger partial charge in [-0.05, 0) is 51.3 Å². The summed E-state index contributed by atoms with van der Waals surface area (Å²) in [6, 6.07) is 9.41. The van der Waals surface area contributed by atoms with Crippen LogP contribution in [0.1, 0.15) is 12.1 Å². The molecule has 0 radical (unpaired) electrons. The molecule has 0 bridgehead atoms. The minimum absolute atomic E-state index is 0.274. The van der Waals surface area contributed by atoms with Crippen LogP contribution in [0.15, 0.2) is 28.7 Å². The van der Waals surface area contributed by atoms with Gasteiger partial charge in [-0.25, -0.2) is 0 Å². The van der Waals surface area contributed by atoms with Crippen molar-refractivity contribution in [3.63, 3.8) is 0 Å². The highest BCUT2D eigenvalue weighted by atomic mass is 16.5. The lowest BCUT2D eigenvalue weighted by atomic mass is 10.2. The summed E-state index contributed by atoms with van der Waals surface area (Å²) in [5.74, 6) is 1.61. The third-order valence-electron chi connectivity index (χ3n) is 3.14. The topological polar surface area (TPSA) is 74.3 Å². The maximum atomic E-state index is 9.16. The van der Waals surface area contributed by atoms with Gasteiger partial charge >= 0.3 is 0 Å². The predicted molar refractivity (Wildman–Crippen MR) is 84.9 cm³/mol. The van der Waals surface area contributed by atoms with Crippen LogP contribution < -0.4 is 10.1 Å². The zero-order valence-electron chi connectivity index (χ0n) is 13.1. The summed E-state index contributed by atoms with van der Waals surface area (Å²) in [6.45, 7) is 1.69. The van der Waals surface area contributed by atoms with Gasteiger partial charge in [0, 0.05) is 12.1 Å². The van der Waals surface area contributed by atoms with E-state index in [-0.39, 0.29) is 5.69 Å². The molecule has 2 rings (SSSR count). The van der Waals surface area contributed by atoms with E-state index in [4.69, 9.17) is 14.4 Å². The number of methoxy groups -OCH3 is 1. The van der Waals surface area contributed by atoms with Crippen LogP contribution >= 0.6 is 0 Å². The van der Waals surface area contributed by atoms with Gasteiger partial charge in [0.05, 0.1) is 7.11 Å². The van der Waals surface area contributed by atoms with Gasteiger partial charge in [0.1, 0.15) is 11.8 Å². The van der Waals surface area contributed by atoms with E-state index in [0.29, 0.717) is 11.8 Å². The molecule has 0 unspecified atom stereocenters. The molecule has 6 heteroatoms. The highest BCUT2D eigenvalue weighted by molar-refractivity contribution is 5.59. The number of ether oxygens (including phenoxy) is 1. The zero-order chi connectivity index (χ0) is 15.9. The second kappa shape index (κ2) is 7.48. The Hall–Kier alpha value is -2.52. The van der Waals surface area contributed by atoms with Crippen LogP contribution in [-0.4, -0.2) is 44.2 Å². The quantitative estimate of drug-likeness (QED) is 0.792. The number of benzene rings is 1. The third kappa shape index (κ3) is 3.99. The SMILES string of the molecule is COc1ccc(-c2nc(C#N)c(NCCCN(C)C)o2)cc1. The lowest BCUT2D eigenvalue weighted by Gasteiger charge is -2.09. The van der Waals surface area contributed by atoms with E-state index in [9.17, 15) is 0 Å². The first-order chi connectivity index (χ1) is 10.6. The number of oxazole rings is 1. The van der Waals surface area contributed by atoms with Crippen LogP contribution in [0.5, 0.6) is 5.75 Å². The second-order valence-electron chi connectivity index (χ2n) is 5.12. The average molecular weight is 300 g/mol. The summed E-state index contributed by atoms with van der Waals surface area (Å²) in [4.78, 5) is 6.33. The summed E-state index contributed by atoms with van der Waals surface area (Å²) in [7, 11) is 5.66. The maximum Gasteiger partial charge on any atom is 0.232 e. The van der Waals surface area contributed by atoms with Gasteiger partial charge in [0.25, 0.3) is 0 Å². The van der Waals surface area contributed by atoms with Crippen LogP contribution in [0.3, 0.4) is 0 Å². The van der Waals surface area contributed by atoms with Gasteiger partial charge in [0.2, 0.25) is 17.5 Å². The van der Waals surface area contributed by atoms with E-state index in [1.807, 2.05) is 38.4 Å². The van der Waals surface area contributed by atoms with Crippen molar-refractivity contribution in [2.75, 3.05) is 39.6 Å². The second-order valence-corrected chi connectivity index (χ2v) is 5.12. The number of hydrogen-bond acceptors (Lipinski definition) is 6. The molecule has 0 aliphatic heterocycles. The lowest BCUT2D eigenvalue weighted by molar-refractivity contribution is 0.404. The normalized spacial score (nSPS) is 10.5. The molecule has 0 aliphatic rings. The first-order valence-electron chi connectivity index (χ1n) is 7.08. The van der Waals surface area contributed by atoms with Gasteiger partial charge in [0.15, 0.2) is 0 Å². The molecule has 116 valence electrons. The van der Waals surface area contributed by atoms with E-state index in [2.05, 4.69) is 21.3 Å². The smallest absolute Gasteiger partial charge is 0.232 e. The number of anilines is 1. The van der Waals surface area contributed by atoms with Gasteiger partial charge < -0.3 is 19.4 Å². The number of nitrogens with zero attached hydrogens (tertiary/aromatic N) is 3. The van der Waals surface area contributed by atoms with E-state index in [1.165, 1.54) is 0 Å². The third-order valence-corrected chi connectivity index (χ3v) is 3.14. The molecule has 0 saturated heterocycles. The molecule has 0 aliphatic carbocycles. The van der Waals surface area contributed by atoms with E-state index in [1.54, 1.807) is 7.11 Å². The van der Waals surface area contributed by atoms with Crippen LogP contribution in [0.2, 0.25) is 0 Å². The molecular formula is C16H20N4O2. The number of rotatable bonds is 7. The standard InChI is InChI=1S/C16H20N4O2/c1-20(2)10-4-9-18-16-14(11-17)19-15(22-16)12-5-7-13(21-3)8-6-12/h5-8,18H,4,9-10H2,1-3H3. The lowest BCUT2D eigenvalue weighted by Crippen LogP contribution is -2.16. The highest BCUT2D eigenvalue weighted by Gasteiger charge is 2.14. The first-order valence-corrected chi connectivity index (χ1v) is 7.08. The molecular weight excluding hydrogens is 280 g/mol. The Kier molecular flexibility index (Phi) is 5.39. The summed E-state index contributed by atoms with van der Waals surface area (Å²) < 4.78 is 10.8. The first kappa shape index (κ1) is 15.9. The Labute approximate surface area is 130 Å².